The molecule has 5 heteroatoms. The van der Waals surface area contributed by atoms with Crippen molar-refractivity contribution < 1.29 is 14.3 Å². The fraction of sp³-hybridized carbons (Fsp3) is 0.619. The van der Waals surface area contributed by atoms with Crippen LogP contribution in [0.5, 0.6) is 0 Å². The normalized spacial score (nSPS) is 28.6. The molecule has 2 aliphatic rings. The second-order valence-corrected chi connectivity index (χ2v) is 8.11. The summed E-state index contributed by atoms with van der Waals surface area (Å²) < 4.78 is 6.18. The third kappa shape index (κ3) is 3.50. The fourth-order valence-corrected chi connectivity index (χ4v) is 4.10. The molecule has 1 aromatic carbocycles. The Hall–Kier alpha value is -1.88. The van der Waals surface area contributed by atoms with Crippen LogP contribution in [-0.4, -0.2) is 41.1 Å². The lowest BCUT2D eigenvalue weighted by Gasteiger charge is -2.43. The summed E-state index contributed by atoms with van der Waals surface area (Å²) in [5.41, 5.74) is 0.926. The number of ether oxygens (including phenoxy) is 1. The van der Waals surface area contributed by atoms with Gasteiger partial charge in [0.2, 0.25) is 5.91 Å². The number of hydrogen-bond acceptors (Lipinski definition) is 3. The second kappa shape index (κ2) is 7.39. The molecule has 2 fully saturated rings. The lowest BCUT2D eigenvalue weighted by Crippen LogP contribution is -2.57. The van der Waals surface area contributed by atoms with Crippen LogP contribution in [0.25, 0.3) is 0 Å². The summed E-state index contributed by atoms with van der Waals surface area (Å²) in [4.78, 5) is 28.0. The molecule has 0 bridgehead atoms. The zero-order valence-electron chi connectivity index (χ0n) is 16.2. The van der Waals surface area contributed by atoms with Crippen LogP contribution in [0.15, 0.2) is 24.3 Å². The zero-order valence-corrected chi connectivity index (χ0v) is 16.2. The smallest absolute Gasteiger partial charge is 0.257 e. The second-order valence-electron chi connectivity index (χ2n) is 8.11. The molecule has 0 aromatic heterocycles. The maximum Gasteiger partial charge on any atom is 0.257 e. The van der Waals surface area contributed by atoms with Crippen LogP contribution in [0.3, 0.4) is 0 Å². The molecule has 1 saturated heterocycles. The standard InChI is InChI=1S/C21H30N2O3/c1-14(2)22-19(24)18-13-26-21(11-9-15(3)10-12-21)23(18)20(25)17-8-6-5-7-16(17)4/h5-8,14-15,18H,9-13H2,1-4H3,(H,22,24)/t15?,18-,21?/m0/s1. The topological polar surface area (TPSA) is 58.6 Å². The highest BCUT2D eigenvalue weighted by molar-refractivity contribution is 5.99. The molecule has 1 saturated carbocycles. The van der Waals surface area contributed by atoms with Crippen molar-refractivity contribution in [1.29, 1.82) is 0 Å². The van der Waals surface area contributed by atoms with E-state index in [0.29, 0.717) is 11.5 Å². The molecule has 1 aliphatic carbocycles. The first-order valence-corrected chi connectivity index (χ1v) is 9.68. The zero-order chi connectivity index (χ0) is 18.9. The third-order valence-electron chi connectivity index (χ3n) is 5.64. The lowest BCUT2D eigenvalue weighted by atomic mass is 9.83. The Balaban J connectivity index is 1.96. The van der Waals surface area contributed by atoms with Gasteiger partial charge in [0, 0.05) is 11.6 Å². The van der Waals surface area contributed by atoms with E-state index in [1.54, 1.807) is 4.90 Å². The van der Waals surface area contributed by atoms with Gasteiger partial charge in [0.25, 0.3) is 5.91 Å². The van der Waals surface area contributed by atoms with Gasteiger partial charge in [-0.1, -0.05) is 25.1 Å². The Morgan fingerprint density at radius 1 is 1.23 bits per heavy atom. The van der Waals surface area contributed by atoms with Crippen LogP contribution < -0.4 is 5.32 Å². The minimum atomic E-state index is -0.648. The molecule has 5 nitrogen and oxygen atoms in total. The van der Waals surface area contributed by atoms with Gasteiger partial charge in [-0.3, -0.25) is 14.5 Å². The van der Waals surface area contributed by atoms with Crippen LogP contribution in [-0.2, 0) is 9.53 Å². The van der Waals surface area contributed by atoms with E-state index < -0.39 is 11.8 Å². The monoisotopic (exact) mass is 358 g/mol. The molecule has 1 atom stereocenters. The number of carbonyl (C=O) groups excluding carboxylic acids is 2. The minimum absolute atomic E-state index is 0.0286. The lowest BCUT2D eigenvalue weighted by molar-refractivity contribution is -0.128. The van der Waals surface area contributed by atoms with Crippen molar-refractivity contribution in [2.45, 2.75) is 71.2 Å². The van der Waals surface area contributed by atoms with Gasteiger partial charge in [-0.25, -0.2) is 0 Å². The summed E-state index contributed by atoms with van der Waals surface area (Å²) in [5, 5.41) is 2.95. The average molecular weight is 358 g/mol. The number of nitrogens with one attached hydrogen (secondary N) is 1. The van der Waals surface area contributed by atoms with Crippen molar-refractivity contribution in [2.24, 2.45) is 5.92 Å². The van der Waals surface area contributed by atoms with E-state index in [2.05, 4.69) is 12.2 Å². The van der Waals surface area contributed by atoms with Crippen molar-refractivity contribution in [3.8, 4) is 0 Å². The number of amides is 2. The van der Waals surface area contributed by atoms with Gasteiger partial charge >= 0.3 is 0 Å². The SMILES string of the molecule is Cc1ccccc1C(=O)N1[C@H](C(=O)NC(C)C)COC12CCC(C)CC2. The fourth-order valence-electron chi connectivity index (χ4n) is 4.10. The van der Waals surface area contributed by atoms with Crippen LogP contribution >= 0.6 is 0 Å². The average Bonchev–Trinajstić information content (AvgIpc) is 2.96. The summed E-state index contributed by atoms with van der Waals surface area (Å²) in [6.07, 6.45) is 3.60. The Morgan fingerprint density at radius 3 is 2.50 bits per heavy atom. The predicted octanol–water partition coefficient (Wildman–Crippen LogP) is 3.27. The highest BCUT2D eigenvalue weighted by Crippen LogP contribution is 2.43. The van der Waals surface area contributed by atoms with Crippen molar-refractivity contribution in [2.75, 3.05) is 6.61 Å². The minimum Gasteiger partial charge on any atom is -0.353 e. The van der Waals surface area contributed by atoms with E-state index in [4.69, 9.17) is 4.74 Å². The van der Waals surface area contributed by atoms with Gasteiger partial charge in [0.05, 0.1) is 6.61 Å². The predicted molar refractivity (Wildman–Crippen MR) is 101 cm³/mol. The van der Waals surface area contributed by atoms with Crippen LogP contribution in [0.2, 0.25) is 0 Å². The van der Waals surface area contributed by atoms with Crippen LogP contribution in [0.1, 0.15) is 62.4 Å². The number of aryl methyl sites for hydroxylation is 1. The number of rotatable bonds is 3. The molecular weight excluding hydrogens is 328 g/mol. The maximum absolute atomic E-state index is 13.5. The van der Waals surface area contributed by atoms with E-state index >= 15 is 0 Å². The van der Waals surface area contributed by atoms with E-state index in [-0.39, 0.29) is 24.5 Å². The van der Waals surface area contributed by atoms with Gasteiger partial charge in [-0.15, -0.1) is 0 Å². The third-order valence-corrected chi connectivity index (χ3v) is 5.64. The molecule has 3 rings (SSSR count). The number of carbonyl (C=O) groups is 2. The molecule has 142 valence electrons. The van der Waals surface area contributed by atoms with Gasteiger partial charge in [-0.2, -0.15) is 0 Å². The van der Waals surface area contributed by atoms with E-state index in [0.717, 1.165) is 31.2 Å². The van der Waals surface area contributed by atoms with Crippen molar-refractivity contribution >= 4 is 11.8 Å². The number of benzene rings is 1. The summed E-state index contributed by atoms with van der Waals surface area (Å²) in [6, 6.07) is 7.03. The molecule has 1 heterocycles. The number of nitrogens with zero attached hydrogens (tertiary/aromatic N) is 1. The molecule has 0 radical (unpaired) electrons. The maximum atomic E-state index is 13.5. The molecule has 1 spiro atoms. The summed E-state index contributed by atoms with van der Waals surface area (Å²) in [6.45, 7) is 8.30. The molecule has 1 N–H and O–H groups in total. The largest absolute Gasteiger partial charge is 0.353 e. The van der Waals surface area contributed by atoms with Crippen molar-refractivity contribution in [3.05, 3.63) is 35.4 Å². The first-order chi connectivity index (χ1) is 12.3. The number of hydrogen-bond donors (Lipinski definition) is 1. The van der Waals surface area contributed by atoms with E-state index in [1.807, 2.05) is 45.0 Å². The Morgan fingerprint density at radius 2 is 1.88 bits per heavy atom. The highest BCUT2D eigenvalue weighted by atomic mass is 16.5. The van der Waals surface area contributed by atoms with Crippen LogP contribution in [0, 0.1) is 12.8 Å². The Bertz CT molecular complexity index is 678. The van der Waals surface area contributed by atoms with Crippen molar-refractivity contribution in [1.82, 2.24) is 10.2 Å². The van der Waals surface area contributed by atoms with Gasteiger partial charge < -0.3 is 10.1 Å². The quantitative estimate of drug-likeness (QED) is 0.902. The summed E-state index contributed by atoms with van der Waals surface area (Å²) >= 11 is 0. The van der Waals surface area contributed by atoms with Gasteiger partial charge in [0.1, 0.15) is 11.8 Å². The molecule has 26 heavy (non-hydrogen) atoms. The van der Waals surface area contributed by atoms with E-state index in [1.165, 1.54) is 0 Å². The van der Waals surface area contributed by atoms with Crippen LogP contribution in [0.4, 0.5) is 0 Å². The van der Waals surface area contributed by atoms with E-state index in [9.17, 15) is 9.59 Å². The highest BCUT2D eigenvalue weighted by Gasteiger charge is 2.53. The molecular formula is C21H30N2O3. The molecule has 1 aliphatic heterocycles. The molecule has 0 unspecified atom stereocenters. The summed E-state index contributed by atoms with van der Waals surface area (Å²) in [5.74, 6) is 0.402. The Kier molecular flexibility index (Phi) is 5.37. The molecule has 1 aromatic rings. The van der Waals surface area contributed by atoms with Gasteiger partial charge in [-0.05, 0) is 64.0 Å². The molecule has 2 amide bonds. The summed E-state index contributed by atoms with van der Waals surface area (Å²) in [7, 11) is 0. The first kappa shape index (κ1) is 18.9. The first-order valence-electron chi connectivity index (χ1n) is 9.68. The van der Waals surface area contributed by atoms with Crippen molar-refractivity contribution in [3.63, 3.8) is 0 Å². The Labute approximate surface area is 156 Å². The van der Waals surface area contributed by atoms with Gasteiger partial charge in [0.15, 0.2) is 0 Å².